The van der Waals surface area contributed by atoms with Crippen molar-refractivity contribution in [3.8, 4) is 23.0 Å². The van der Waals surface area contributed by atoms with Gasteiger partial charge in [-0.3, -0.25) is 4.79 Å². The van der Waals surface area contributed by atoms with Gasteiger partial charge in [-0.2, -0.15) is 0 Å². The molecule has 2 heterocycles. The van der Waals surface area contributed by atoms with Crippen LogP contribution in [0.15, 0.2) is 24.3 Å². The number of ether oxygens (including phenoxy) is 4. The second-order valence-electron chi connectivity index (χ2n) is 6.10. The second-order valence-corrected chi connectivity index (χ2v) is 6.10. The maximum absolute atomic E-state index is 14.2. The number of fused-ring (bicyclic) bond motifs is 2. The third kappa shape index (κ3) is 2.60. The van der Waals surface area contributed by atoms with E-state index in [1.807, 2.05) is 0 Å². The topological polar surface area (TPSA) is 57.2 Å². The van der Waals surface area contributed by atoms with Crippen molar-refractivity contribution in [2.75, 3.05) is 27.6 Å². The van der Waals surface area contributed by atoms with E-state index < -0.39 is 0 Å². The second kappa shape index (κ2) is 6.40. The monoisotopic (exact) mass is 359 g/mol. The van der Waals surface area contributed by atoms with Crippen molar-refractivity contribution in [2.45, 2.75) is 13.0 Å². The molecule has 7 heteroatoms. The summed E-state index contributed by atoms with van der Waals surface area (Å²) in [5, 5.41) is 0. The molecule has 2 aliphatic heterocycles. The van der Waals surface area contributed by atoms with Gasteiger partial charge in [0.1, 0.15) is 5.82 Å². The Morgan fingerprint density at radius 2 is 1.92 bits per heavy atom. The number of carbonyl (C=O) groups excluding carboxylic acids is 1. The van der Waals surface area contributed by atoms with E-state index in [2.05, 4.69) is 0 Å². The van der Waals surface area contributed by atoms with Crippen LogP contribution < -0.4 is 18.9 Å². The quantitative estimate of drug-likeness (QED) is 0.822. The SMILES string of the molecule is COc1ccc2c(c1OC)CN(CCc1cc3c(cc1F)OCO3)C2=O. The van der Waals surface area contributed by atoms with Crippen molar-refractivity contribution in [1.82, 2.24) is 4.90 Å². The van der Waals surface area contributed by atoms with Gasteiger partial charge in [0.05, 0.1) is 20.8 Å². The van der Waals surface area contributed by atoms with E-state index in [4.69, 9.17) is 18.9 Å². The molecule has 2 aromatic rings. The third-order valence-corrected chi connectivity index (χ3v) is 4.71. The van der Waals surface area contributed by atoms with Crippen LogP contribution >= 0.6 is 0 Å². The van der Waals surface area contributed by atoms with Crippen LogP contribution in [-0.4, -0.2) is 38.4 Å². The molecule has 0 saturated carbocycles. The average molecular weight is 359 g/mol. The highest BCUT2D eigenvalue weighted by Crippen LogP contribution is 2.39. The molecular weight excluding hydrogens is 341 g/mol. The molecule has 1 amide bonds. The molecule has 0 aromatic heterocycles. The summed E-state index contributed by atoms with van der Waals surface area (Å²) in [5.74, 6) is 1.63. The standard InChI is InChI=1S/C19H18FNO5/c1-23-15-4-3-12-13(18(15)24-2)9-21(19(12)22)6-5-11-7-16-17(8-14(11)20)26-10-25-16/h3-4,7-8H,5-6,9-10H2,1-2H3. The van der Waals surface area contributed by atoms with Crippen molar-refractivity contribution in [2.24, 2.45) is 0 Å². The predicted molar refractivity (Wildman–Crippen MR) is 90.5 cm³/mol. The van der Waals surface area contributed by atoms with Gasteiger partial charge in [0.15, 0.2) is 23.0 Å². The van der Waals surface area contributed by atoms with Crippen LogP contribution in [0.5, 0.6) is 23.0 Å². The zero-order valence-electron chi connectivity index (χ0n) is 14.5. The zero-order valence-corrected chi connectivity index (χ0v) is 14.5. The Bertz CT molecular complexity index is 883. The number of carbonyl (C=O) groups is 1. The van der Waals surface area contributed by atoms with Gasteiger partial charge in [0.25, 0.3) is 5.91 Å². The summed E-state index contributed by atoms with van der Waals surface area (Å²) >= 11 is 0. The number of hydrogen-bond acceptors (Lipinski definition) is 5. The highest BCUT2D eigenvalue weighted by molar-refractivity contribution is 5.99. The van der Waals surface area contributed by atoms with Gasteiger partial charge in [-0.1, -0.05) is 0 Å². The van der Waals surface area contributed by atoms with Crippen molar-refractivity contribution < 1.29 is 28.1 Å². The molecule has 0 radical (unpaired) electrons. The number of halogens is 1. The molecule has 26 heavy (non-hydrogen) atoms. The first-order chi connectivity index (χ1) is 12.6. The van der Waals surface area contributed by atoms with E-state index >= 15 is 0 Å². The first kappa shape index (κ1) is 16.5. The summed E-state index contributed by atoms with van der Waals surface area (Å²) < 4.78 is 35.4. The molecule has 2 aromatic carbocycles. The molecule has 0 spiro atoms. The highest BCUT2D eigenvalue weighted by Gasteiger charge is 2.31. The van der Waals surface area contributed by atoms with Crippen LogP contribution in [0.4, 0.5) is 4.39 Å². The number of amides is 1. The maximum Gasteiger partial charge on any atom is 0.254 e. The maximum atomic E-state index is 14.2. The summed E-state index contributed by atoms with van der Waals surface area (Å²) in [4.78, 5) is 14.3. The third-order valence-electron chi connectivity index (χ3n) is 4.71. The van der Waals surface area contributed by atoms with Crippen LogP contribution in [0.2, 0.25) is 0 Å². The number of methoxy groups -OCH3 is 2. The van der Waals surface area contributed by atoms with Crippen molar-refractivity contribution in [3.63, 3.8) is 0 Å². The largest absolute Gasteiger partial charge is 0.493 e. The molecule has 6 nitrogen and oxygen atoms in total. The van der Waals surface area contributed by atoms with E-state index in [1.165, 1.54) is 6.07 Å². The Morgan fingerprint density at radius 3 is 2.65 bits per heavy atom. The Balaban J connectivity index is 1.53. The van der Waals surface area contributed by atoms with E-state index in [-0.39, 0.29) is 18.5 Å². The number of benzene rings is 2. The van der Waals surface area contributed by atoms with Crippen LogP contribution in [0.25, 0.3) is 0 Å². The lowest BCUT2D eigenvalue weighted by Gasteiger charge is -2.16. The lowest BCUT2D eigenvalue weighted by molar-refractivity contribution is 0.0779. The van der Waals surface area contributed by atoms with Gasteiger partial charge in [-0.15, -0.1) is 0 Å². The molecule has 2 aliphatic rings. The molecule has 0 fully saturated rings. The Kier molecular flexibility index (Phi) is 4.06. The number of nitrogens with zero attached hydrogens (tertiary/aromatic N) is 1. The molecule has 0 unspecified atom stereocenters. The molecule has 4 rings (SSSR count). The number of rotatable bonds is 5. The summed E-state index contributed by atoms with van der Waals surface area (Å²) in [6.07, 6.45) is 0.377. The fourth-order valence-corrected chi connectivity index (χ4v) is 3.37. The summed E-state index contributed by atoms with van der Waals surface area (Å²) in [5.41, 5.74) is 1.87. The van der Waals surface area contributed by atoms with Gasteiger partial charge in [-0.25, -0.2) is 4.39 Å². The lowest BCUT2D eigenvalue weighted by atomic mass is 10.1. The van der Waals surface area contributed by atoms with Crippen LogP contribution in [0, 0.1) is 5.82 Å². The summed E-state index contributed by atoms with van der Waals surface area (Å²) in [7, 11) is 3.11. The minimum atomic E-state index is -0.363. The van der Waals surface area contributed by atoms with Gasteiger partial charge >= 0.3 is 0 Å². The predicted octanol–water partition coefficient (Wildman–Crippen LogP) is 2.77. The zero-order chi connectivity index (χ0) is 18.3. The normalized spacial score (nSPS) is 14.6. The van der Waals surface area contributed by atoms with Crippen LogP contribution in [-0.2, 0) is 13.0 Å². The molecule has 0 bridgehead atoms. The average Bonchev–Trinajstić information content (AvgIpc) is 3.22. The minimum Gasteiger partial charge on any atom is -0.493 e. The van der Waals surface area contributed by atoms with Gasteiger partial charge in [0, 0.05) is 23.7 Å². The molecular formula is C19H18FNO5. The first-order valence-electron chi connectivity index (χ1n) is 8.23. The Morgan fingerprint density at radius 1 is 1.15 bits per heavy atom. The van der Waals surface area contributed by atoms with E-state index in [1.54, 1.807) is 37.3 Å². The molecule has 0 N–H and O–H groups in total. The molecule has 136 valence electrons. The highest BCUT2D eigenvalue weighted by atomic mass is 19.1. The fraction of sp³-hybridized carbons (Fsp3) is 0.316. The fourth-order valence-electron chi connectivity index (χ4n) is 3.37. The van der Waals surface area contributed by atoms with Gasteiger partial charge in [0.2, 0.25) is 6.79 Å². The van der Waals surface area contributed by atoms with E-state index in [0.717, 1.165) is 5.56 Å². The minimum absolute atomic E-state index is 0.0953. The van der Waals surface area contributed by atoms with Crippen molar-refractivity contribution in [1.29, 1.82) is 0 Å². The smallest absolute Gasteiger partial charge is 0.254 e. The lowest BCUT2D eigenvalue weighted by Crippen LogP contribution is -2.26. The Labute approximate surface area is 150 Å². The van der Waals surface area contributed by atoms with Crippen LogP contribution in [0.1, 0.15) is 21.5 Å². The number of hydrogen-bond donors (Lipinski definition) is 0. The van der Waals surface area contributed by atoms with E-state index in [9.17, 15) is 9.18 Å². The van der Waals surface area contributed by atoms with E-state index in [0.29, 0.717) is 53.6 Å². The van der Waals surface area contributed by atoms with Crippen molar-refractivity contribution >= 4 is 5.91 Å². The molecule has 0 atom stereocenters. The van der Waals surface area contributed by atoms with Gasteiger partial charge < -0.3 is 23.8 Å². The summed E-state index contributed by atoms with van der Waals surface area (Å²) in [6, 6.07) is 6.41. The summed E-state index contributed by atoms with van der Waals surface area (Å²) in [6.45, 7) is 0.885. The van der Waals surface area contributed by atoms with Gasteiger partial charge in [-0.05, 0) is 30.2 Å². The first-order valence-corrected chi connectivity index (χ1v) is 8.23. The van der Waals surface area contributed by atoms with Crippen molar-refractivity contribution in [3.05, 3.63) is 46.8 Å². The Hall–Kier alpha value is -2.96. The molecule has 0 saturated heterocycles. The van der Waals surface area contributed by atoms with Crippen LogP contribution in [0.3, 0.4) is 0 Å². The molecule has 0 aliphatic carbocycles.